The van der Waals surface area contributed by atoms with Gasteiger partial charge >= 0.3 is 5.69 Å². The van der Waals surface area contributed by atoms with E-state index >= 15 is 0 Å². The van der Waals surface area contributed by atoms with Crippen LogP contribution in [0.2, 0.25) is 0 Å². The van der Waals surface area contributed by atoms with Gasteiger partial charge in [0.05, 0.1) is 9.82 Å². The van der Waals surface area contributed by atoms with E-state index in [1.165, 1.54) is 31.2 Å². The monoisotopic (exact) mass is 338 g/mol. The molecule has 1 N–H and O–H groups in total. The molecule has 120 valence electrons. The van der Waals surface area contributed by atoms with Gasteiger partial charge in [-0.3, -0.25) is 19.6 Å². The quantitative estimate of drug-likeness (QED) is 0.512. The fourth-order valence-corrected chi connectivity index (χ4v) is 2.88. The molecule has 0 atom stereocenters. The Balaban J connectivity index is 2.40. The van der Waals surface area contributed by atoms with Gasteiger partial charge in [-0.15, -0.1) is 0 Å². The van der Waals surface area contributed by atoms with Gasteiger partial charge < -0.3 is 0 Å². The molecule has 23 heavy (non-hydrogen) atoms. The van der Waals surface area contributed by atoms with Crippen molar-refractivity contribution in [2.75, 3.05) is 4.72 Å². The molecule has 2 aromatic rings. The molecule has 0 aliphatic rings. The maximum atomic E-state index is 13.3. The molecule has 0 aliphatic heterocycles. The first-order valence-electron chi connectivity index (χ1n) is 6.28. The predicted molar refractivity (Wildman–Crippen MR) is 80.3 cm³/mol. The van der Waals surface area contributed by atoms with Gasteiger partial charge in [0, 0.05) is 17.3 Å². The van der Waals surface area contributed by atoms with Gasteiger partial charge in [-0.1, -0.05) is 12.1 Å². The van der Waals surface area contributed by atoms with Crippen LogP contribution in [-0.2, 0) is 10.0 Å². The van der Waals surface area contributed by atoms with Crippen molar-refractivity contribution in [3.8, 4) is 0 Å². The topological polar surface area (TPSA) is 106 Å². The third-order valence-electron chi connectivity index (χ3n) is 2.95. The number of hydrogen-bond acceptors (Lipinski definition) is 5. The van der Waals surface area contributed by atoms with E-state index in [9.17, 15) is 27.7 Å². The minimum absolute atomic E-state index is 0.115. The summed E-state index contributed by atoms with van der Waals surface area (Å²) in [5.41, 5.74) is -0.523. The molecular weight excluding hydrogens is 327 g/mol. The summed E-state index contributed by atoms with van der Waals surface area (Å²) in [6, 6.07) is 8.01. The average molecular weight is 338 g/mol. The van der Waals surface area contributed by atoms with Crippen molar-refractivity contribution in [1.82, 2.24) is 0 Å². The fourth-order valence-electron chi connectivity index (χ4n) is 1.82. The van der Waals surface area contributed by atoms with Crippen LogP contribution in [0, 0.1) is 15.9 Å². The molecule has 0 amide bonds. The van der Waals surface area contributed by atoms with Crippen LogP contribution >= 0.6 is 0 Å². The van der Waals surface area contributed by atoms with Crippen molar-refractivity contribution in [2.45, 2.75) is 11.8 Å². The second-order valence-electron chi connectivity index (χ2n) is 4.61. The number of halogens is 1. The van der Waals surface area contributed by atoms with Gasteiger partial charge in [0.15, 0.2) is 5.78 Å². The largest absolute Gasteiger partial charge is 0.306 e. The summed E-state index contributed by atoms with van der Waals surface area (Å²) in [5, 5.41) is 10.7. The van der Waals surface area contributed by atoms with Crippen LogP contribution in [0.25, 0.3) is 0 Å². The van der Waals surface area contributed by atoms with Crippen LogP contribution in [0.1, 0.15) is 17.3 Å². The average Bonchev–Trinajstić information content (AvgIpc) is 2.46. The number of nitrogens with zero attached hydrogens (tertiary/aromatic N) is 1. The van der Waals surface area contributed by atoms with Crippen LogP contribution in [0.4, 0.5) is 15.8 Å². The molecule has 9 heteroatoms. The lowest BCUT2D eigenvalue weighted by atomic mass is 10.1. The van der Waals surface area contributed by atoms with Crippen LogP contribution in [-0.4, -0.2) is 19.1 Å². The third-order valence-corrected chi connectivity index (χ3v) is 4.32. The van der Waals surface area contributed by atoms with Gasteiger partial charge in [-0.2, -0.15) is 4.39 Å². The van der Waals surface area contributed by atoms with Crippen molar-refractivity contribution in [3.05, 3.63) is 64.0 Å². The van der Waals surface area contributed by atoms with Gasteiger partial charge in [0.1, 0.15) is 0 Å². The lowest BCUT2D eigenvalue weighted by Gasteiger charge is -2.09. The number of carbonyl (C=O) groups is 1. The highest BCUT2D eigenvalue weighted by Crippen LogP contribution is 2.23. The fraction of sp³-hybridized carbons (Fsp3) is 0.0714. The van der Waals surface area contributed by atoms with E-state index in [1.54, 1.807) is 0 Å². The Kier molecular flexibility index (Phi) is 4.41. The van der Waals surface area contributed by atoms with Crippen molar-refractivity contribution >= 4 is 27.2 Å². The Morgan fingerprint density at radius 1 is 1.22 bits per heavy atom. The number of carbonyl (C=O) groups excluding carboxylic acids is 1. The molecule has 2 rings (SSSR count). The highest BCUT2D eigenvalue weighted by atomic mass is 32.2. The summed E-state index contributed by atoms with van der Waals surface area (Å²) < 4.78 is 39.9. The number of hydrogen-bond donors (Lipinski definition) is 1. The molecule has 0 saturated carbocycles. The third kappa shape index (κ3) is 3.69. The first kappa shape index (κ1) is 16.6. The smallest absolute Gasteiger partial charge is 0.295 e. The lowest BCUT2D eigenvalue weighted by molar-refractivity contribution is -0.387. The van der Waals surface area contributed by atoms with Crippen molar-refractivity contribution in [1.29, 1.82) is 0 Å². The van der Waals surface area contributed by atoms with Crippen LogP contribution in [0.15, 0.2) is 47.4 Å². The number of nitrogens with one attached hydrogen (secondary N) is 1. The first-order chi connectivity index (χ1) is 10.7. The molecule has 7 nitrogen and oxygen atoms in total. The molecule has 0 fully saturated rings. The van der Waals surface area contributed by atoms with Gasteiger partial charge in [0.25, 0.3) is 10.0 Å². The standard InChI is InChI=1S/C14H11FN2O5S/c1-9(18)10-3-2-4-11(7-10)16-23(21,22)12-5-6-13(15)14(8-12)17(19)20/h2-8,16H,1H3. The molecule has 0 heterocycles. The van der Waals surface area contributed by atoms with Crippen molar-refractivity contribution in [3.63, 3.8) is 0 Å². The zero-order valence-electron chi connectivity index (χ0n) is 11.8. The second-order valence-corrected chi connectivity index (χ2v) is 6.30. The molecule has 0 unspecified atom stereocenters. The number of nitro benzene ring substituents is 1. The summed E-state index contributed by atoms with van der Waals surface area (Å²) in [5.74, 6) is -1.38. The number of anilines is 1. The summed E-state index contributed by atoms with van der Waals surface area (Å²) >= 11 is 0. The number of benzene rings is 2. The Labute approximate surface area is 131 Å². The number of Topliss-reactive ketones (excluding diaryl/α,β-unsaturated/α-hetero) is 1. The van der Waals surface area contributed by atoms with Gasteiger partial charge in [-0.05, 0) is 31.2 Å². The van der Waals surface area contributed by atoms with Gasteiger partial charge in [0.2, 0.25) is 5.82 Å². The van der Waals surface area contributed by atoms with Crippen LogP contribution < -0.4 is 4.72 Å². The highest BCUT2D eigenvalue weighted by Gasteiger charge is 2.21. The minimum atomic E-state index is -4.16. The molecule has 0 aliphatic carbocycles. The molecule has 0 saturated heterocycles. The molecular formula is C14H11FN2O5S. The number of rotatable bonds is 5. The highest BCUT2D eigenvalue weighted by molar-refractivity contribution is 7.92. The van der Waals surface area contributed by atoms with E-state index in [4.69, 9.17) is 0 Å². The number of nitro groups is 1. The van der Waals surface area contributed by atoms with E-state index < -0.39 is 31.3 Å². The van der Waals surface area contributed by atoms with E-state index in [0.717, 1.165) is 6.07 Å². The lowest BCUT2D eigenvalue weighted by Crippen LogP contribution is -2.13. The summed E-state index contributed by atoms with van der Waals surface area (Å²) in [4.78, 5) is 20.5. The van der Waals surface area contributed by atoms with Crippen molar-refractivity contribution < 1.29 is 22.5 Å². The minimum Gasteiger partial charge on any atom is -0.295 e. The molecule has 0 spiro atoms. The van der Waals surface area contributed by atoms with E-state index in [2.05, 4.69) is 4.72 Å². The number of ketones is 1. The van der Waals surface area contributed by atoms with Crippen molar-refractivity contribution in [2.24, 2.45) is 0 Å². The summed E-state index contributed by atoms with van der Waals surface area (Å²) in [7, 11) is -4.16. The SMILES string of the molecule is CC(=O)c1cccc(NS(=O)(=O)c2ccc(F)c([N+](=O)[O-])c2)c1. The van der Waals surface area contributed by atoms with Crippen LogP contribution in [0.5, 0.6) is 0 Å². The maximum absolute atomic E-state index is 13.3. The maximum Gasteiger partial charge on any atom is 0.306 e. The van der Waals surface area contributed by atoms with E-state index in [-0.39, 0.29) is 11.5 Å². The Morgan fingerprint density at radius 2 is 1.91 bits per heavy atom. The number of sulfonamides is 1. The zero-order valence-corrected chi connectivity index (χ0v) is 12.6. The Morgan fingerprint density at radius 3 is 2.52 bits per heavy atom. The first-order valence-corrected chi connectivity index (χ1v) is 7.77. The Hall–Kier alpha value is -2.81. The predicted octanol–water partition coefficient (Wildman–Crippen LogP) is 2.74. The molecule has 0 bridgehead atoms. The molecule has 0 aromatic heterocycles. The molecule has 2 aromatic carbocycles. The molecule has 0 radical (unpaired) electrons. The summed E-state index contributed by atoms with van der Waals surface area (Å²) in [6.07, 6.45) is 0. The van der Waals surface area contributed by atoms with Crippen LogP contribution in [0.3, 0.4) is 0 Å². The Bertz CT molecular complexity index is 896. The second kappa shape index (κ2) is 6.13. The summed E-state index contributed by atoms with van der Waals surface area (Å²) in [6.45, 7) is 1.33. The van der Waals surface area contributed by atoms with Gasteiger partial charge in [-0.25, -0.2) is 8.42 Å². The van der Waals surface area contributed by atoms with E-state index in [1.807, 2.05) is 0 Å². The normalized spacial score (nSPS) is 11.0. The van der Waals surface area contributed by atoms with E-state index in [0.29, 0.717) is 17.7 Å². The zero-order chi connectivity index (χ0) is 17.2.